The van der Waals surface area contributed by atoms with Gasteiger partial charge in [0.2, 0.25) is 0 Å². The van der Waals surface area contributed by atoms with Crippen molar-refractivity contribution in [2.45, 2.75) is 45.8 Å². The topological polar surface area (TPSA) is 55.8 Å². The number of rotatable bonds is 7. The van der Waals surface area contributed by atoms with Crippen LogP contribution in [0.15, 0.2) is 60.7 Å². The molecule has 3 aromatic carbocycles. The Morgan fingerprint density at radius 2 is 1.88 bits per heavy atom. The third-order valence-electron chi connectivity index (χ3n) is 5.68. The van der Waals surface area contributed by atoms with Crippen LogP contribution in [0.25, 0.3) is 11.1 Å². The van der Waals surface area contributed by atoms with E-state index in [1.807, 2.05) is 42.5 Å². The van der Waals surface area contributed by atoms with Crippen molar-refractivity contribution in [1.29, 1.82) is 0 Å². The van der Waals surface area contributed by atoms with E-state index in [1.165, 1.54) is 5.56 Å². The van der Waals surface area contributed by atoms with Crippen LogP contribution in [0.2, 0.25) is 5.02 Å². The van der Waals surface area contributed by atoms with Gasteiger partial charge in [-0.05, 0) is 78.9 Å². The van der Waals surface area contributed by atoms with E-state index in [9.17, 15) is 4.79 Å². The Hall–Kier alpha value is -2.98. The van der Waals surface area contributed by atoms with Crippen LogP contribution >= 0.6 is 11.6 Å². The number of carboxylic acid groups (broad SMARTS) is 1. The number of aliphatic carboxylic acids is 1. The number of benzene rings is 3. The molecule has 0 saturated heterocycles. The molecule has 4 rings (SSSR count). The van der Waals surface area contributed by atoms with Crippen LogP contribution in [-0.4, -0.2) is 16.7 Å². The number of carbonyl (C=O) groups is 1. The Morgan fingerprint density at radius 3 is 2.56 bits per heavy atom. The van der Waals surface area contributed by atoms with Gasteiger partial charge in [-0.15, -0.1) is 0 Å². The van der Waals surface area contributed by atoms with Gasteiger partial charge >= 0.3 is 5.97 Å². The van der Waals surface area contributed by atoms with Crippen LogP contribution < -0.4 is 9.47 Å². The molecule has 0 bridgehead atoms. The van der Waals surface area contributed by atoms with Crippen LogP contribution in [0, 0.1) is 5.92 Å². The number of halogens is 1. The molecule has 0 radical (unpaired) electrons. The highest BCUT2D eigenvalue weighted by molar-refractivity contribution is 6.30. The minimum atomic E-state index is -0.790. The molecule has 5 heteroatoms. The first kappa shape index (κ1) is 22.2. The number of carboxylic acids is 1. The van der Waals surface area contributed by atoms with Crippen LogP contribution in [0.3, 0.4) is 0 Å². The van der Waals surface area contributed by atoms with E-state index in [0.717, 1.165) is 40.2 Å². The molecule has 0 fully saturated rings. The molecule has 1 unspecified atom stereocenters. The van der Waals surface area contributed by atoms with Crippen LogP contribution in [0.5, 0.6) is 11.5 Å². The second-order valence-electron chi connectivity index (χ2n) is 9.05. The quantitative estimate of drug-likeness (QED) is 0.442. The molecule has 4 nitrogen and oxygen atoms in total. The number of ether oxygens (including phenoxy) is 2. The summed E-state index contributed by atoms with van der Waals surface area (Å²) in [5.74, 6) is 0.421. The van der Waals surface area contributed by atoms with Crippen LogP contribution in [0.4, 0.5) is 0 Å². The maximum absolute atomic E-state index is 11.1. The molecule has 1 aliphatic rings. The summed E-state index contributed by atoms with van der Waals surface area (Å²) in [5.41, 5.74) is 5.02. The van der Waals surface area contributed by atoms with Gasteiger partial charge in [-0.25, -0.2) is 0 Å². The Labute approximate surface area is 193 Å². The molecule has 1 aliphatic heterocycles. The highest BCUT2D eigenvalue weighted by atomic mass is 35.5. The van der Waals surface area contributed by atoms with Crippen molar-refractivity contribution in [3.05, 3.63) is 82.4 Å². The van der Waals surface area contributed by atoms with Crippen molar-refractivity contribution in [2.24, 2.45) is 5.92 Å². The molecule has 0 saturated carbocycles. The molecular weight excluding hydrogens is 424 g/mol. The summed E-state index contributed by atoms with van der Waals surface area (Å²) in [5, 5.41) is 9.80. The molecule has 0 aromatic heterocycles. The van der Waals surface area contributed by atoms with Gasteiger partial charge < -0.3 is 14.6 Å². The first-order valence-corrected chi connectivity index (χ1v) is 11.1. The lowest BCUT2D eigenvalue weighted by atomic mass is 9.95. The van der Waals surface area contributed by atoms with Gasteiger partial charge in [0.25, 0.3) is 0 Å². The molecule has 1 heterocycles. The molecular formula is C27H27ClO4. The van der Waals surface area contributed by atoms with Crippen molar-refractivity contribution < 1.29 is 19.4 Å². The van der Waals surface area contributed by atoms with E-state index in [1.54, 1.807) is 6.92 Å². The molecule has 3 aromatic rings. The zero-order valence-corrected chi connectivity index (χ0v) is 19.3. The SMILES string of the molecule is CC(Cc1ccc(OCc2cc(-c3cccc(Cl)c3)cc3c2OC(C)(C)C3)cc1)C(=O)O. The highest BCUT2D eigenvalue weighted by Crippen LogP contribution is 2.41. The van der Waals surface area contributed by atoms with Crippen LogP contribution in [-0.2, 0) is 24.2 Å². The van der Waals surface area contributed by atoms with Crippen molar-refractivity contribution in [1.82, 2.24) is 0 Å². The number of fused-ring (bicyclic) bond motifs is 1. The predicted molar refractivity (Wildman–Crippen MR) is 127 cm³/mol. The lowest BCUT2D eigenvalue weighted by Crippen LogP contribution is -2.25. The third kappa shape index (κ3) is 5.08. The summed E-state index contributed by atoms with van der Waals surface area (Å²) in [6.07, 6.45) is 1.33. The largest absolute Gasteiger partial charge is 0.489 e. The fourth-order valence-corrected chi connectivity index (χ4v) is 4.24. The van der Waals surface area contributed by atoms with Gasteiger partial charge in [-0.3, -0.25) is 4.79 Å². The van der Waals surface area contributed by atoms with E-state index in [0.29, 0.717) is 18.1 Å². The maximum atomic E-state index is 11.1. The van der Waals surface area contributed by atoms with E-state index < -0.39 is 11.9 Å². The smallest absolute Gasteiger partial charge is 0.306 e. The lowest BCUT2D eigenvalue weighted by molar-refractivity contribution is -0.141. The molecule has 0 spiro atoms. The van der Waals surface area contributed by atoms with E-state index in [4.69, 9.17) is 26.2 Å². The van der Waals surface area contributed by atoms with Gasteiger partial charge in [-0.1, -0.05) is 42.8 Å². The molecule has 166 valence electrons. The van der Waals surface area contributed by atoms with Gasteiger partial charge in [0.15, 0.2) is 0 Å². The van der Waals surface area contributed by atoms with Gasteiger partial charge in [0, 0.05) is 17.0 Å². The van der Waals surface area contributed by atoms with Crippen LogP contribution in [0.1, 0.15) is 37.5 Å². The van der Waals surface area contributed by atoms with Crippen molar-refractivity contribution in [2.75, 3.05) is 0 Å². The molecule has 0 amide bonds. The lowest BCUT2D eigenvalue weighted by Gasteiger charge is -2.18. The highest BCUT2D eigenvalue weighted by Gasteiger charge is 2.32. The summed E-state index contributed by atoms with van der Waals surface area (Å²) < 4.78 is 12.3. The van der Waals surface area contributed by atoms with Gasteiger partial charge in [0.1, 0.15) is 23.7 Å². The summed E-state index contributed by atoms with van der Waals surface area (Å²) in [6, 6.07) is 19.7. The fraction of sp³-hybridized carbons (Fsp3) is 0.296. The molecule has 1 atom stereocenters. The van der Waals surface area contributed by atoms with Crippen molar-refractivity contribution in [3.8, 4) is 22.6 Å². The van der Waals surface area contributed by atoms with Gasteiger partial charge in [0.05, 0.1) is 5.92 Å². The second-order valence-corrected chi connectivity index (χ2v) is 9.48. The van der Waals surface area contributed by atoms with E-state index in [2.05, 4.69) is 32.0 Å². The Bertz CT molecular complexity index is 1130. The monoisotopic (exact) mass is 450 g/mol. The molecule has 1 N–H and O–H groups in total. The average molecular weight is 451 g/mol. The van der Waals surface area contributed by atoms with Crippen molar-refractivity contribution in [3.63, 3.8) is 0 Å². The summed E-state index contributed by atoms with van der Waals surface area (Å²) in [4.78, 5) is 11.1. The standard InChI is InChI=1S/C27H27ClO4/c1-17(26(29)30)11-18-7-9-24(10-8-18)31-16-22-13-20(19-5-4-6-23(28)14-19)12-21-15-27(2,3)32-25(21)22/h4-10,12-14,17H,11,15-16H2,1-3H3,(H,29,30). The van der Waals surface area contributed by atoms with Gasteiger partial charge in [-0.2, -0.15) is 0 Å². The summed E-state index contributed by atoms with van der Waals surface area (Å²) in [6.45, 7) is 6.26. The summed E-state index contributed by atoms with van der Waals surface area (Å²) in [7, 11) is 0. The zero-order valence-electron chi connectivity index (χ0n) is 18.5. The first-order valence-electron chi connectivity index (χ1n) is 10.8. The maximum Gasteiger partial charge on any atom is 0.306 e. The first-order chi connectivity index (χ1) is 15.2. The predicted octanol–water partition coefficient (Wildman–Crippen LogP) is 6.56. The minimum Gasteiger partial charge on any atom is -0.489 e. The molecule has 32 heavy (non-hydrogen) atoms. The Morgan fingerprint density at radius 1 is 1.12 bits per heavy atom. The average Bonchev–Trinajstić information content (AvgIpc) is 3.06. The number of hydrogen-bond donors (Lipinski definition) is 1. The van der Waals surface area contributed by atoms with E-state index in [-0.39, 0.29) is 5.60 Å². The zero-order chi connectivity index (χ0) is 22.9. The second kappa shape index (κ2) is 8.87. The molecule has 0 aliphatic carbocycles. The Balaban J connectivity index is 1.56. The summed E-state index contributed by atoms with van der Waals surface area (Å²) >= 11 is 6.22. The minimum absolute atomic E-state index is 0.257. The Kier molecular flexibility index (Phi) is 6.16. The normalized spacial score (nSPS) is 15.0. The third-order valence-corrected chi connectivity index (χ3v) is 5.91. The van der Waals surface area contributed by atoms with Crippen molar-refractivity contribution >= 4 is 17.6 Å². The van der Waals surface area contributed by atoms with E-state index >= 15 is 0 Å². The fourth-order valence-electron chi connectivity index (χ4n) is 4.05. The number of hydrogen-bond acceptors (Lipinski definition) is 3.